The molecule has 1 aromatic carbocycles. The Morgan fingerprint density at radius 3 is 2.62 bits per heavy atom. The van der Waals surface area contributed by atoms with Gasteiger partial charge in [-0.3, -0.25) is 4.79 Å². The van der Waals surface area contributed by atoms with Crippen LogP contribution in [0.5, 0.6) is 11.5 Å². The molecule has 0 unspecified atom stereocenters. The third-order valence-corrected chi connectivity index (χ3v) is 6.11. The van der Waals surface area contributed by atoms with E-state index < -0.39 is 0 Å². The van der Waals surface area contributed by atoms with Crippen LogP contribution >= 0.6 is 11.3 Å². The first-order chi connectivity index (χ1) is 15.5. The molecule has 0 aliphatic heterocycles. The summed E-state index contributed by atoms with van der Waals surface area (Å²) in [6.45, 7) is 7.76. The fourth-order valence-electron chi connectivity index (χ4n) is 3.69. The van der Waals surface area contributed by atoms with Gasteiger partial charge in [0.2, 0.25) is 0 Å². The average molecular weight is 455 g/mol. The lowest BCUT2D eigenvalue weighted by molar-refractivity contribution is 0.186. The number of benzene rings is 1. The number of aryl methyl sites for hydroxylation is 3. The summed E-state index contributed by atoms with van der Waals surface area (Å²) in [5.74, 6) is 1.42. The molecule has 0 N–H and O–H groups in total. The molecule has 4 aromatic rings. The van der Waals surface area contributed by atoms with Gasteiger partial charge in [0.25, 0.3) is 5.56 Å². The van der Waals surface area contributed by atoms with E-state index in [2.05, 4.69) is 15.3 Å². The number of aromatic nitrogens is 4. The number of hydrogen-bond donors (Lipinski definition) is 0. The molecule has 0 fully saturated rings. The summed E-state index contributed by atoms with van der Waals surface area (Å²) in [6, 6.07) is 7.80. The summed E-state index contributed by atoms with van der Waals surface area (Å²) in [5.41, 5.74) is 3.30. The van der Waals surface area contributed by atoms with Gasteiger partial charge in [-0.25, -0.2) is 9.67 Å². The summed E-state index contributed by atoms with van der Waals surface area (Å²) >= 11 is 1.36. The van der Waals surface area contributed by atoms with Crippen LogP contribution in [0.2, 0.25) is 0 Å². The Bertz CT molecular complexity index is 1320. The van der Waals surface area contributed by atoms with Crippen LogP contribution in [-0.2, 0) is 24.3 Å². The zero-order valence-corrected chi connectivity index (χ0v) is 19.5. The van der Waals surface area contributed by atoms with Crippen molar-refractivity contribution in [3.63, 3.8) is 0 Å². The van der Waals surface area contributed by atoms with Crippen LogP contribution in [0.4, 0.5) is 0 Å². The van der Waals surface area contributed by atoms with Gasteiger partial charge < -0.3 is 14.2 Å². The summed E-state index contributed by atoms with van der Waals surface area (Å²) in [5, 5.41) is 9.44. The molecule has 0 spiro atoms. The number of methoxy groups -OCH3 is 1. The van der Waals surface area contributed by atoms with Gasteiger partial charge in [0.05, 0.1) is 26.4 Å². The molecule has 3 heterocycles. The lowest BCUT2D eigenvalue weighted by Crippen LogP contribution is -2.24. The van der Waals surface area contributed by atoms with Crippen molar-refractivity contribution < 1.29 is 14.2 Å². The molecule has 0 bridgehead atoms. The predicted octanol–water partition coefficient (Wildman–Crippen LogP) is 3.90. The maximum absolute atomic E-state index is 13.1. The monoisotopic (exact) mass is 454 g/mol. The Morgan fingerprint density at radius 1 is 1.09 bits per heavy atom. The Morgan fingerprint density at radius 2 is 1.88 bits per heavy atom. The van der Waals surface area contributed by atoms with Crippen molar-refractivity contribution in [2.45, 2.75) is 40.3 Å². The van der Waals surface area contributed by atoms with Crippen molar-refractivity contribution in [2.75, 3.05) is 20.3 Å². The van der Waals surface area contributed by atoms with Gasteiger partial charge in [-0.05, 0) is 56.5 Å². The van der Waals surface area contributed by atoms with E-state index in [9.17, 15) is 4.79 Å². The third kappa shape index (κ3) is 4.31. The van der Waals surface area contributed by atoms with Crippen LogP contribution in [0.1, 0.15) is 30.7 Å². The summed E-state index contributed by atoms with van der Waals surface area (Å²) in [7, 11) is 1.65. The molecular formula is C23H26N4O4S. The van der Waals surface area contributed by atoms with Gasteiger partial charge in [-0.1, -0.05) is 11.3 Å². The summed E-state index contributed by atoms with van der Waals surface area (Å²) < 4.78 is 18.6. The second kappa shape index (κ2) is 9.62. The van der Waals surface area contributed by atoms with Crippen LogP contribution in [-0.4, -0.2) is 40.3 Å². The molecule has 0 aliphatic rings. The largest absolute Gasteiger partial charge is 0.490 e. The van der Waals surface area contributed by atoms with E-state index in [4.69, 9.17) is 14.2 Å². The standard InChI is InChI=1S/C23H26N4O4S/c1-5-30-17-8-7-15(12-18(17)31-6-2)9-10-27-23(28)21-20(25-26-27)19-16(13-29-4)11-14(3)24-22(19)32-21/h7-8,11-12H,5-6,9-10,13H2,1-4H3. The van der Waals surface area contributed by atoms with Gasteiger partial charge in [-0.2, -0.15) is 0 Å². The molecule has 3 aromatic heterocycles. The van der Waals surface area contributed by atoms with Crippen molar-refractivity contribution in [2.24, 2.45) is 0 Å². The average Bonchev–Trinajstić information content (AvgIpc) is 3.14. The van der Waals surface area contributed by atoms with E-state index in [1.807, 2.05) is 45.0 Å². The summed E-state index contributed by atoms with van der Waals surface area (Å²) in [4.78, 5) is 18.5. The first-order valence-electron chi connectivity index (χ1n) is 10.6. The molecule has 8 nitrogen and oxygen atoms in total. The normalized spacial score (nSPS) is 11.4. The van der Waals surface area contributed by atoms with Gasteiger partial charge in [0.1, 0.15) is 15.0 Å². The van der Waals surface area contributed by atoms with Crippen LogP contribution in [0.15, 0.2) is 29.1 Å². The molecular weight excluding hydrogens is 428 g/mol. The maximum atomic E-state index is 13.1. The molecule has 32 heavy (non-hydrogen) atoms. The van der Waals surface area contributed by atoms with Crippen LogP contribution in [0, 0.1) is 6.92 Å². The molecule has 0 saturated heterocycles. The van der Waals surface area contributed by atoms with E-state index in [0.29, 0.717) is 48.8 Å². The molecule has 168 valence electrons. The quantitative estimate of drug-likeness (QED) is 0.379. The van der Waals surface area contributed by atoms with Gasteiger partial charge in [0, 0.05) is 18.2 Å². The number of rotatable bonds is 9. The molecule has 0 radical (unpaired) electrons. The predicted molar refractivity (Wildman–Crippen MR) is 125 cm³/mol. The Balaban J connectivity index is 1.65. The maximum Gasteiger partial charge on any atom is 0.287 e. The number of hydrogen-bond acceptors (Lipinski definition) is 8. The Labute approximate surface area is 189 Å². The van der Waals surface area contributed by atoms with Crippen molar-refractivity contribution in [3.05, 3.63) is 51.4 Å². The minimum absolute atomic E-state index is 0.157. The van der Waals surface area contributed by atoms with Crippen molar-refractivity contribution in [3.8, 4) is 11.5 Å². The highest BCUT2D eigenvalue weighted by Crippen LogP contribution is 2.32. The van der Waals surface area contributed by atoms with E-state index in [1.54, 1.807) is 7.11 Å². The minimum Gasteiger partial charge on any atom is -0.490 e. The first kappa shape index (κ1) is 22.2. The van der Waals surface area contributed by atoms with Crippen molar-refractivity contribution in [1.82, 2.24) is 20.0 Å². The van der Waals surface area contributed by atoms with Crippen LogP contribution < -0.4 is 15.0 Å². The molecule has 9 heteroatoms. The van der Waals surface area contributed by atoms with Crippen molar-refractivity contribution in [1.29, 1.82) is 0 Å². The molecule has 0 atom stereocenters. The number of pyridine rings is 1. The van der Waals surface area contributed by atoms with Crippen LogP contribution in [0.25, 0.3) is 20.4 Å². The smallest absolute Gasteiger partial charge is 0.287 e. The fourth-order valence-corrected chi connectivity index (χ4v) is 4.84. The Kier molecular flexibility index (Phi) is 6.66. The highest BCUT2D eigenvalue weighted by molar-refractivity contribution is 7.25. The van der Waals surface area contributed by atoms with Crippen molar-refractivity contribution >= 4 is 31.8 Å². The van der Waals surface area contributed by atoms with Gasteiger partial charge >= 0.3 is 0 Å². The SMILES string of the molecule is CCOc1ccc(CCn2nnc3c(sc4nc(C)cc(COC)c43)c2=O)cc1OCC. The summed E-state index contributed by atoms with van der Waals surface area (Å²) in [6.07, 6.45) is 0.615. The molecule has 0 amide bonds. The van der Waals surface area contributed by atoms with Gasteiger partial charge in [-0.15, -0.1) is 16.4 Å². The van der Waals surface area contributed by atoms with E-state index in [1.165, 1.54) is 16.0 Å². The highest BCUT2D eigenvalue weighted by Gasteiger charge is 2.17. The van der Waals surface area contributed by atoms with E-state index >= 15 is 0 Å². The zero-order chi connectivity index (χ0) is 22.7. The van der Waals surface area contributed by atoms with E-state index in [0.717, 1.165) is 32.8 Å². The van der Waals surface area contributed by atoms with Gasteiger partial charge in [0.15, 0.2) is 11.5 Å². The lowest BCUT2D eigenvalue weighted by Gasteiger charge is -2.12. The highest BCUT2D eigenvalue weighted by atomic mass is 32.1. The number of fused-ring (bicyclic) bond motifs is 3. The number of ether oxygens (including phenoxy) is 3. The van der Waals surface area contributed by atoms with E-state index in [-0.39, 0.29) is 5.56 Å². The fraction of sp³-hybridized carbons (Fsp3) is 0.391. The lowest BCUT2D eigenvalue weighted by atomic mass is 10.1. The minimum atomic E-state index is -0.157. The third-order valence-electron chi connectivity index (χ3n) is 5.05. The number of thiophene rings is 1. The molecule has 0 aliphatic carbocycles. The topological polar surface area (TPSA) is 88.4 Å². The Hall–Kier alpha value is -3.04. The zero-order valence-electron chi connectivity index (χ0n) is 18.7. The first-order valence-corrected chi connectivity index (χ1v) is 11.4. The second-order valence-corrected chi connectivity index (χ2v) is 8.33. The molecule has 4 rings (SSSR count). The number of nitrogens with zero attached hydrogens (tertiary/aromatic N) is 4. The van der Waals surface area contributed by atoms with Crippen LogP contribution in [0.3, 0.4) is 0 Å². The second-order valence-electron chi connectivity index (χ2n) is 7.33. The molecule has 0 saturated carbocycles.